The van der Waals surface area contributed by atoms with Crippen molar-refractivity contribution < 1.29 is 17.9 Å². The van der Waals surface area contributed by atoms with Crippen LogP contribution in [0.15, 0.2) is 58.1 Å². The first-order valence-electron chi connectivity index (χ1n) is 11.2. The molecule has 0 atom stereocenters. The van der Waals surface area contributed by atoms with E-state index >= 15 is 0 Å². The minimum Gasteiger partial charge on any atom is -0.473 e. The van der Waals surface area contributed by atoms with Gasteiger partial charge in [-0.1, -0.05) is 53.0 Å². The summed E-state index contributed by atoms with van der Waals surface area (Å²) in [7, 11) is 0. The Balaban J connectivity index is 0.00000176. The highest BCUT2D eigenvalue weighted by Crippen LogP contribution is 2.54. The number of hydrogen-bond acceptors (Lipinski definition) is 4. The van der Waals surface area contributed by atoms with Gasteiger partial charge in [0.2, 0.25) is 5.90 Å². The number of alkyl halides is 4. The minimum atomic E-state index is -4.49. The topological polar surface area (TPSA) is 65.4 Å². The lowest BCUT2D eigenvalue weighted by atomic mass is 9.68. The summed E-state index contributed by atoms with van der Waals surface area (Å²) in [5.41, 5.74) is 0.702. The van der Waals surface area contributed by atoms with Crippen molar-refractivity contribution >= 4 is 45.0 Å². The monoisotopic (exact) mass is 604 g/mol. The molecule has 0 spiro atoms. The van der Waals surface area contributed by atoms with Gasteiger partial charge in [0.05, 0.1) is 5.02 Å². The molecule has 0 saturated heterocycles. The highest BCUT2D eigenvalue weighted by Gasteiger charge is 2.63. The highest BCUT2D eigenvalue weighted by atomic mass is 79.9. The van der Waals surface area contributed by atoms with Crippen molar-refractivity contribution in [1.29, 1.82) is 0 Å². The fourth-order valence-electron chi connectivity index (χ4n) is 4.25. The van der Waals surface area contributed by atoms with Crippen LogP contribution in [0.4, 0.5) is 13.2 Å². The van der Waals surface area contributed by atoms with Gasteiger partial charge in [0.15, 0.2) is 0 Å². The SMILES string of the molecule is CCc1c(CO/C(=N\N)C2(C(F)(F)F)CCC2)nc(-c2ccccc2Cl)n1-c1ccc(Br)cc1.CCl. The van der Waals surface area contributed by atoms with Crippen LogP contribution in [0.5, 0.6) is 0 Å². The predicted molar refractivity (Wildman–Crippen MR) is 142 cm³/mol. The molecule has 3 aromatic rings. The molecule has 194 valence electrons. The molecule has 1 saturated carbocycles. The van der Waals surface area contributed by atoms with E-state index in [1.54, 1.807) is 6.07 Å². The average Bonchev–Trinajstić information content (AvgIpc) is 3.19. The van der Waals surface area contributed by atoms with E-state index in [2.05, 4.69) is 32.6 Å². The molecule has 1 aliphatic carbocycles. The standard InChI is InChI=1S/C24H23BrClF3N4O.CH3Cl/c1-2-20-19(14-34-22(32-30)23(12-5-13-23)24(27,28)29)31-21(17-6-3-4-7-18(17)26)33(20)16-10-8-15(25)9-11-16;1-2/h3-4,6-11H,2,5,12-14,30H2,1H3;1H3/b32-22-;. The summed E-state index contributed by atoms with van der Waals surface area (Å²) in [5.74, 6) is 5.44. The normalized spacial score (nSPS) is 15.1. The number of ether oxygens (including phenoxy) is 1. The van der Waals surface area contributed by atoms with E-state index in [0.29, 0.717) is 34.9 Å². The third kappa shape index (κ3) is 5.38. The van der Waals surface area contributed by atoms with Gasteiger partial charge in [-0.15, -0.1) is 16.7 Å². The fraction of sp³-hybridized carbons (Fsp3) is 0.360. The van der Waals surface area contributed by atoms with Crippen molar-refractivity contribution in [3.8, 4) is 17.1 Å². The summed E-state index contributed by atoms with van der Waals surface area (Å²) in [6.45, 7) is 1.76. The largest absolute Gasteiger partial charge is 0.473 e. The molecule has 36 heavy (non-hydrogen) atoms. The Labute approximate surface area is 226 Å². The Bertz CT molecular complexity index is 1210. The van der Waals surface area contributed by atoms with E-state index in [4.69, 9.17) is 27.2 Å². The molecule has 11 heteroatoms. The molecular formula is C25H26BrCl2F3N4O. The molecule has 4 rings (SSSR count). The van der Waals surface area contributed by atoms with Crippen LogP contribution < -0.4 is 5.84 Å². The first kappa shape index (κ1) is 28.3. The number of hydrogen-bond donors (Lipinski definition) is 1. The number of halogens is 6. The maximum absolute atomic E-state index is 13.8. The first-order valence-corrected chi connectivity index (χ1v) is 13.1. The van der Waals surface area contributed by atoms with E-state index in [-0.39, 0.29) is 19.4 Å². The molecule has 1 fully saturated rings. The molecule has 1 aromatic heterocycles. The summed E-state index contributed by atoms with van der Waals surface area (Å²) in [6, 6.07) is 15.0. The predicted octanol–water partition coefficient (Wildman–Crippen LogP) is 7.89. The lowest BCUT2D eigenvalue weighted by Crippen LogP contribution is -2.51. The Morgan fingerprint density at radius 3 is 2.31 bits per heavy atom. The van der Waals surface area contributed by atoms with Gasteiger partial charge in [0.25, 0.3) is 0 Å². The van der Waals surface area contributed by atoms with E-state index in [9.17, 15) is 13.2 Å². The van der Waals surface area contributed by atoms with Crippen molar-refractivity contribution in [2.24, 2.45) is 16.4 Å². The highest BCUT2D eigenvalue weighted by molar-refractivity contribution is 9.10. The smallest absolute Gasteiger partial charge is 0.403 e. The Hall–Kier alpha value is -2.23. The molecule has 0 bridgehead atoms. The maximum atomic E-state index is 13.8. The molecular weight excluding hydrogens is 580 g/mol. The van der Waals surface area contributed by atoms with Crippen molar-refractivity contribution in [3.63, 3.8) is 0 Å². The van der Waals surface area contributed by atoms with Crippen molar-refractivity contribution in [2.45, 2.75) is 45.4 Å². The third-order valence-corrected chi connectivity index (χ3v) is 7.07. The van der Waals surface area contributed by atoms with E-state index in [1.807, 2.05) is 54.0 Å². The molecule has 0 radical (unpaired) electrons. The van der Waals surface area contributed by atoms with Crippen LogP contribution >= 0.6 is 39.1 Å². The second-order valence-corrected chi connectivity index (χ2v) is 9.45. The molecule has 0 aliphatic heterocycles. The fourth-order valence-corrected chi connectivity index (χ4v) is 4.74. The molecule has 0 amide bonds. The summed E-state index contributed by atoms with van der Waals surface area (Å²) in [6.07, 6.45) is -2.20. The zero-order chi connectivity index (χ0) is 26.5. The summed E-state index contributed by atoms with van der Waals surface area (Å²) in [5, 5.41) is 3.91. The van der Waals surface area contributed by atoms with Crippen LogP contribution in [0.1, 0.15) is 37.6 Å². The number of benzene rings is 2. The Morgan fingerprint density at radius 1 is 1.17 bits per heavy atom. The zero-order valence-corrected chi connectivity index (χ0v) is 22.8. The third-order valence-electron chi connectivity index (χ3n) is 6.21. The van der Waals surface area contributed by atoms with Gasteiger partial charge in [-0.25, -0.2) is 4.98 Å². The first-order chi connectivity index (χ1) is 17.2. The van der Waals surface area contributed by atoms with Gasteiger partial charge in [-0.05, 0) is 55.7 Å². The Morgan fingerprint density at radius 2 is 1.81 bits per heavy atom. The van der Waals surface area contributed by atoms with Crippen molar-refractivity contribution in [1.82, 2.24) is 9.55 Å². The van der Waals surface area contributed by atoms with Gasteiger partial charge >= 0.3 is 6.18 Å². The molecule has 2 aromatic carbocycles. The van der Waals surface area contributed by atoms with E-state index < -0.39 is 17.5 Å². The van der Waals surface area contributed by atoms with E-state index in [1.165, 1.54) is 6.38 Å². The Kier molecular flexibility index (Phi) is 9.35. The van der Waals surface area contributed by atoms with Crippen LogP contribution in [-0.2, 0) is 17.8 Å². The average molecular weight is 606 g/mol. The lowest BCUT2D eigenvalue weighted by molar-refractivity contribution is -0.226. The van der Waals surface area contributed by atoms with Gasteiger partial charge in [0.1, 0.15) is 23.5 Å². The lowest BCUT2D eigenvalue weighted by Gasteiger charge is -2.42. The van der Waals surface area contributed by atoms with Crippen molar-refractivity contribution in [2.75, 3.05) is 6.38 Å². The van der Waals surface area contributed by atoms with Gasteiger partial charge in [-0.3, -0.25) is 4.57 Å². The van der Waals surface area contributed by atoms with Crippen LogP contribution in [-0.4, -0.2) is 28.0 Å². The number of imidazole rings is 1. The summed E-state index contributed by atoms with van der Waals surface area (Å²) >= 11 is 14.6. The molecule has 2 N–H and O–H groups in total. The minimum absolute atomic E-state index is 0.0919. The quantitative estimate of drug-likeness (QED) is 0.102. The number of aromatic nitrogens is 2. The maximum Gasteiger partial charge on any atom is 0.403 e. The van der Waals surface area contributed by atoms with Gasteiger partial charge in [-0.2, -0.15) is 13.2 Å². The second-order valence-electron chi connectivity index (χ2n) is 8.13. The summed E-state index contributed by atoms with van der Waals surface area (Å²) < 4.78 is 49.9. The van der Waals surface area contributed by atoms with Crippen molar-refractivity contribution in [3.05, 3.63) is 69.4 Å². The van der Waals surface area contributed by atoms with Crippen LogP contribution in [0.3, 0.4) is 0 Å². The summed E-state index contributed by atoms with van der Waals surface area (Å²) in [4.78, 5) is 4.77. The number of hydrazone groups is 1. The van der Waals surface area contributed by atoms with Crippen LogP contribution in [0.2, 0.25) is 5.02 Å². The number of nitrogens with two attached hydrogens (primary N) is 1. The number of rotatable bonds is 6. The molecule has 5 nitrogen and oxygen atoms in total. The van der Waals surface area contributed by atoms with Gasteiger partial charge in [0, 0.05) is 27.8 Å². The zero-order valence-electron chi connectivity index (χ0n) is 19.7. The second kappa shape index (κ2) is 11.9. The van der Waals surface area contributed by atoms with Gasteiger partial charge < -0.3 is 10.6 Å². The van der Waals surface area contributed by atoms with E-state index in [0.717, 1.165) is 15.9 Å². The van der Waals surface area contributed by atoms with Crippen LogP contribution in [0.25, 0.3) is 17.1 Å². The molecule has 1 heterocycles. The molecule has 1 aliphatic rings. The van der Waals surface area contributed by atoms with Crippen LogP contribution in [0, 0.1) is 5.41 Å². The molecule has 0 unspecified atom stereocenters. The number of nitrogens with zero attached hydrogens (tertiary/aromatic N) is 3.